The maximum atomic E-state index is 10.2. The van der Waals surface area contributed by atoms with Crippen LogP contribution in [0.1, 0.15) is 6.92 Å². The van der Waals surface area contributed by atoms with Crippen LogP contribution in [0.15, 0.2) is 27.8 Å². The average Bonchev–Trinajstić information content (AvgIpc) is 2.05. The van der Waals surface area contributed by atoms with Gasteiger partial charge in [-0.25, -0.2) is 0 Å². The molecule has 3 nitrogen and oxygen atoms in total. The molecule has 4 heteroatoms. The highest BCUT2D eigenvalue weighted by molar-refractivity contribution is 9.10. The maximum Gasteiger partial charge on any atom is 0.122 e. The number of ether oxygens (including phenoxy) is 1. The van der Waals surface area contributed by atoms with E-state index in [0.717, 1.165) is 5.75 Å². The fraction of sp³-hybridized carbons (Fsp3) is 0.250. The average molecular weight is 230 g/mol. The summed E-state index contributed by atoms with van der Waals surface area (Å²) in [5.41, 5.74) is 0.387. The lowest BCUT2D eigenvalue weighted by molar-refractivity contribution is 0.340. The molecule has 0 aliphatic rings. The summed E-state index contributed by atoms with van der Waals surface area (Å²) in [6.45, 7) is 2.51. The van der Waals surface area contributed by atoms with Gasteiger partial charge in [0.05, 0.1) is 11.1 Å². The van der Waals surface area contributed by atoms with Crippen molar-refractivity contribution >= 4 is 21.6 Å². The second-order valence-electron chi connectivity index (χ2n) is 2.14. The minimum atomic E-state index is 0.387. The summed E-state index contributed by atoms with van der Waals surface area (Å²) in [5.74, 6) is 0.733. The molecule has 0 saturated heterocycles. The van der Waals surface area contributed by atoms with Crippen LogP contribution in [0, 0.1) is 4.91 Å². The molecule has 1 aromatic rings. The number of nitroso groups, excluding NO2 is 1. The number of hydrogen-bond donors (Lipinski definition) is 0. The van der Waals surface area contributed by atoms with Crippen LogP contribution in [-0.4, -0.2) is 6.61 Å². The fourth-order valence-electron chi connectivity index (χ4n) is 0.818. The Morgan fingerprint density at radius 3 is 2.83 bits per heavy atom. The van der Waals surface area contributed by atoms with E-state index in [2.05, 4.69) is 21.1 Å². The van der Waals surface area contributed by atoms with Crippen molar-refractivity contribution < 1.29 is 4.74 Å². The van der Waals surface area contributed by atoms with Crippen molar-refractivity contribution in [2.45, 2.75) is 6.92 Å². The summed E-state index contributed by atoms with van der Waals surface area (Å²) in [6.07, 6.45) is 0. The molecule has 0 amide bonds. The number of benzene rings is 1. The third-order valence-electron chi connectivity index (χ3n) is 1.33. The van der Waals surface area contributed by atoms with E-state index in [4.69, 9.17) is 4.74 Å². The largest absolute Gasteiger partial charge is 0.494 e. The number of hydrogen-bond acceptors (Lipinski definition) is 3. The van der Waals surface area contributed by atoms with E-state index in [1.54, 1.807) is 18.2 Å². The Labute approximate surface area is 78.8 Å². The predicted molar refractivity (Wildman–Crippen MR) is 50.8 cm³/mol. The van der Waals surface area contributed by atoms with Crippen molar-refractivity contribution in [2.24, 2.45) is 5.18 Å². The van der Waals surface area contributed by atoms with Gasteiger partial charge in [-0.3, -0.25) is 0 Å². The number of halogens is 1. The summed E-state index contributed by atoms with van der Waals surface area (Å²) in [6, 6.07) is 5.05. The van der Waals surface area contributed by atoms with Gasteiger partial charge < -0.3 is 4.74 Å². The highest BCUT2D eigenvalue weighted by Crippen LogP contribution is 2.28. The zero-order valence-corrected chi connectivity index (χ0v) is 8.17. The minimum absolute atomic E-state index is 0.387. The van der Waals surface area contributed by atoms with Gasteiger partial charge in [-0.2, -0.15) is 0 Å². The quantitative estimate of drug-likeness (QED) is 0.747. The van der Waals surface area contributed by atoms with E-state index in [9.17, 15) is 4.91 Å². The topological polar surface area (TPSA) is 38.7 Å². The van der Waals surface area contributed by atoms with Crippen LogP contribution in [0.3, 0.4) is 0 Å². The molecule has 0 heterocycles. The van der Waals surface area contributed by atoms with E-state index < -0.39 is 0 Å². The van der Waals surface area contributed by atoms with Crippen molar-refractivity contribution in [3.8, 4) is 5.75 Å². The van der Waals surface area contributed by atoms with Crippen LogP contribution in [-0.2, 0) is 0 Å². The Morgan fingerprint density at radius 2 is 2.33 bits per heavy atom. The van der Waals surface area contributed by atoms with Gasteiger partial charge in [-0.1, -0.05) is 0 Å². The lowest BCUT2D eigenvalue weighted by atomic mass is 10.3. The van der Waals surface area contributed by atoms with Crippen molar-refractivity contribution in [3.63, 3.8) is 0 Å². The van der Waals surface area contributed by atoms with E-state index in [-0.39, 0.29) is 0 Å². The first-order chi connectivity index (χ1) is 5.77. The predicted octanol–water partition coefficient (Wildman–Crippen LogP) is 3.25. The van der Waals surface area contributed by atoms with Gasteiger partial charge in [-0.15, -0.1) is 4.91 Å². The second-order valence-corrected chi connectivity index (χ2v) is 2.99. The van der Waals surface area contributed by atoms with Crippen LogP contribution in [0.2, 0.25) is 0 Å². The van der Waals surface area contributed by atoms with Crippen LogP contribution in [0.25, 0.3) is 0 Å². The lowest BCUT2D eigenvalue weighted by Crippen LogP contribution is -1.90. The van der Waals surface area contributed by atoms with Crippen molar-refractivity contribution in [3.05, 3.63) is 27.6 Å². The maximum absolute atomic E-state index is 10.2. The third kappa shape index (κ3) is 2.04. The van der Waals surface area contributed by atoms with Gasteiger partial charge in [0.2, 0.25) is 0 Å². The monoisotopic (exact) mass is 229 g/mol. The summed E-state index contributed by atoms with van der Waals surface area (Å²) >= 11 is 3.20. The van der Waals surface area contributed by atoms with Gasteiger partial charge in [0, 0.05) is 0 Å². The molecule has 0 unspecified atom stereocenters. The smallest absolute Gasteiger partial charge is 0.122 e. The van der Waals surface area contributed by atoms with E-state index in [1.807, 2.05) is 6.92 Å². The van der Waals surface area contributed by atoms with E-state index >= 15 is 0 Å². The molecule has 1 rings (SSSR count). The molecular weight excluding hydrogens is 222 g/mol. The molecule has 0 bridgehead atoms. The van der Waals surface area contributed by atoms with Gasteiger partial charge in [0.25, 0.3) is 0 Å². The molecule has 0 saturated carbocycles. The minimum Gasteiger partial charge on any atom is -0.494 e. The first-order valence-corrected chi connectivity index (χ1v) is 4.33. The zero-order chi connectivity index (χ0) is 8.97. The molecule has 0 spiro atoms. The summed E-state index contributed by atoms with van der Waals surface area (Å²) in [7, 11) is 0. The first-order valence-electron chi connectivity index (χ1n) is 3.53. The van der Waals surface area contributed by atoms with Gasteiger partial charge in [0.1, 0.15) is 11.4 Å². The Bertz CT molecular complexity index is 288. The van der Waals surface area contributed by atoms with Gasteiger partial charge >= 0.3 is 0 Å². The lowest BCUT2D eigenvalue weighted by Gasteiger charge is -2.02. The highest BCUT2D eigenvalue weighted by Gasteiger charge is 2.00. The third-order valence-corrected chi connectivity index (χ3v) is 1.96. The molecule has 0 aromatic heterocycles. The van der Waals surface area contributed by atoms with Crippen molar-refractivity contribution in [1.29, 1.82) is 0 Å². The normalized spacial score (nSPS) is 9.50. The van der Waals surface area contributed by atoms with Crippen molar-refractivity contribution in [2.75, 3.05) is 6.61 Å². The Balaban J connectivity index is 2.93. The molecule has 0 N–H and O–H groups in total. The fourth-order valence-corrected chi connectivity index (χ4v) is 1.25. The molecule has 0 fully saturated rings. The summed E-state index contributed by atoms with van der Waals surface area (Å²) < 4.78 is 5.87. The van der Waals surface area contributed by atoms with Gasteiger partial charge in [-0.05, 0) is 46.2 Å². The molecule has 1 aromatic carbocycles. The molecule has 12 heavy (non-hydrogen) atoms. The Morgan fingerprint density at radius 1 is 1.58 bits per heavy atom. The Hall–Kier alpha value is -0.900. The highest BCUT2D eigenvalue weighted by atomic mass is 79.9. The van der Waals surface area contributed by atoms with Crippen LogP contribution in [0.5, 0.6) is 5.75 Å². The van der Waals surface area contributed by atoms with Crippen LogP contribution >= 0.6 is 15.9 Å². The zero-order valence-electron chi connectivity index (χ0n) is 6.58. The molecule has 0 aliphatic heterocycles. The van der Waals surface area contributed by atoms with Crippen LogP contribution < -0.4 is 4.74 Å². The second kappa shape index (κ2) is 4.21. The summed E-state index contributed by atoms with van der Waals surface area (Å²) in [4.78, 5) is 10.2. The van der Waals surface area contributed by atoms with E-state index in [0.29, 0.717) is 16.8 Å². The first kappa shape index (κ1) is 9.19. The van der Waals surface area contributed by atoms with E-state index in [1.165, 1.54) is 0 Å². The summed E-state index contributed by atoms with van der Waals surface area (Å²) in [5, 5.41) is 2.82. The molecule has 0 atom stereocenters. The van der Waals surface area contributed by atoms with Gasteiger partial charge in [0.15, 0.2) is 0 Å². The SMILES string of the molecule is CCOc1ccc(N=O)c(Br)c1. The Kier molecular flexibility index (Phi) is 3.22. The van der Waals surface area contributed by atoms with Crippen LogP contribution in [0.4, 0.5) is 5.69 Å². The standard InChI is InChI=1S/C8H8BrNO2/c1-2-12-6-3-4-8(10-11)7(9)5-6/h3-5H,2H2,1H3. The number of rotatable bonds is 3. The molecular formula is C8H8BrNO2. The molecule has 64 valence electrons. The van der Waals surface area contributed by atoms with Crippen molar-refractivity contribution in [1.82, 2.24) is 0 Å². The molecule has 0 aliphatic carbocycles. The number of nitrogens with zero attached hydrogens (tertiary/aromatic N) is 1. The molecule has 0 radical (unpaired) electrons.